The third kappa shape index (κ3) is 4.28. The van der Waals surface area contributed by atoms with E-state index in [0.29, 0.717) is 10.9 Å². The molecular formula is C26H23N3O9. The van der Waals surface area contributed by atoms with Crippen LogP contribution in [0.5, 0.6) is 0 Å². The molecule has 12 nitrogen and oxygen atoms in total. The first-order valence-electron chi connectivity index (χ1n) is 11.8. The minimum Gasteiger partial charge on any atom is -0.463 e. The number of rotatable bonds is 6. The number of fused-ring (bicyclic) bond motifs is 2. The lowest BCUT2D eigenvalue weighted by Gasteiger charge is -2.23. The Hall–Kier alpha value is -4.58. The molecule has 1 fully saturated rings. The molecule has 1 saturated heterocycles. The number of carbonyl (C=O) groups is 5. The summed E-state index contributed by atoms with van der Waals surface area (Å²) in [5.74, 6) is -2.93. The van der Waals surface area contributed by atoms with Crippen molar-refractivity contribution in [1.29, 1.82) is 0 Å². The fourth-order valence-corrected chi connectivity index (χ4v) is 4.70. The molecule has 0 spiro atoms. The van der Waals surface area contributed by atoms with E-state index in [1.54, 1.807) is 48.5 Å². The Morgan fingerprint density at radius 1 is 0.842 bits per heavy atom. The van der Waals surface area contributed by atoms with Gasteiger partial charge in [0.15, 0.2) is 24.3 Å². The van der Waals surface area contributed by atoms with E-state index in [2.05, 4.69) is 5.10 Å². The van der Waals surface area contributed by atoms with E-state index in [1.165, 1.54) is 25.5 Å². The Morgan fingerprint density at radius 3 is 2.03 bits per heavy atom. The smallest absolute Gasteiger partial charge is 0.303 e. The second-order valence-corrected chi connectivity index (χ2v) is 8.79. The second kappa shape index (κ2) is 9.71. The molecule has 2 aromatic carbocycles. The van der Waals surface area contributed by atoms with Crippen molar-refractivity contribution >= 4 is 46.4 Å². The summed E-state index contributed by atoms with van der Waals surface area (Å²) in [7, 11) is 0. The molecule has 0 radical (unpaired) electrons. The van der Waals surface area contributed by atoms with Gasteiger partial charge in [-0.05, 0) is 24.3 Å². The van der Waals surface area contributed by atoms with Crippen molar-refractivity contribution < 1.29 is 42.9 Å². The Morgan fingerprint density at radius 2 is 1.42 bits per heavy atom. The normalized spacial score (nSPS) is 22.4. The van der Waals surface area contributed by atoms with Crippen LogP contribution < -0.4 is 4.90 Å². The number of hydrogen-bond donors (Lipinski definition) is 0. The van der Waals surface area contributed by atoms with Crippen molar-refractivity contribution in [3.8, 4) is 0 Å². The van der Waals surface area contributed by atoms with Gasteiger partial charge in [0, 0.05) is 26.2 Å². The maximum Gasteiger partial charge on any atom is 0.303 e. The largest absolute Gasteiger partial charge is 0.463 e. The Labute approximate surface area is 216 Å². The first kappa shape index (κ1) is 25.1. The summed E-state index contributed by atoms with van der Waals surface area (Å²) in [5, 5.41) is 5.03. The number of para-hydroxylation sites is 1. The lowest BCUT2D eigenvalue weighted by atomic mass is 10.1. The van der Waals surface area contributed by atoms with Gasteiger partial charge in [-0.15, -0.1) is 0 Å². The van der Waals surface area contributed by atoms with E-state index in [9.17, 15) is 24.0 Å². The molecule has 0 unspecified atom stereocenters. The van der Waals surface area contributed by atoms with E-state index in [1.807, 2.05) is 0 Å². The number of hydrogen-bond acceptors (Lipinski definition) is 10. The number of carbonyl (C=O) groups excluding carboxylic acids is 5. The van der Waals surface area contributed by atoms with Crippen molar-refractivity contribution in [2.45, 2.75) is 45.3 Å². The fourth-order valence-electron chi connectivity index (χ4n) is 4.70. The summed E-state index contributed by atoms with van der Waals surface area (Å²) in [6.07, 6.45) is -4.47. The monoisotopic (exact) mass is 521 g/mol. The summed E-state index contributed by atoms with van der Waals surface area (Å²) in [4.78, 5) is 62.8. The molecule has 3 heterocycles. The molecule has 38 heavy (non-hydrogen) atoms. The Bertz CT molecular complexity index is 1440. The van der Waals surface area contributed by atoms with E-state index in [0.717, 1.165) is 4.90 Å². The van der Waals surface area contributed by atoms with Gasteiger partial charge in [0.2, 0.25) is 0 Å². The van der Waals surface area contributed by atoms with Crippen molar-refractivity contribution in [1.82, 2.24) is 9.78 Å². The molecule has 0 aliphatic carbocycles. The SMILES string of the molecule is CC(=O)OC[C@H]1O[C@@H](n2nc(N3C(=O)c4ccccc4C3=O)c3ccccc32)[C@@H](OC(C)=O)[C@@H]1OC(C)=O. The van der Waals surface area contributed by atoms with Gasteiger partial charge >= 0.3 is 17.9 Å². The van der Waals surface area contributed by atoms with Crippen LogP contribution in [0.2, 0.25) is 0 Å². The van der Waals surface area contributed by atoms with E-state index in [-0.39, 0.29) is 23.6 Å². The van der Waals surface area contributed by atoms with Crippen molar-refractivity contribution in [3.63, 3.8) is 0 Å². The number of amides is 2. The molecule has 1 aromatic heterocycles. The number of benzene rings is 2. The lowest BCUT2D eigenvalue weighted by molar-refractivity contribution is -0.166. The Kier molecular flexibility index (Phi) is 6.41. The van der Waals surface area contributed by atoms with Gasteiger partial charge < -0.3 is 18.9 Å². The van der Waals surface area contributed by atoms with E-state index >= 15 is 0 Å². The van der Waals surface area contributed by atoms with Crippen LogP contribution in [-0.2, 0) is 33.3 Å². The van der Waals surface area contributed by atoms with E-state index < -0.39 is 54.3 Å². The average molecular weight is 521 g/mol. The fraction of sp³-hybridized carbons (Fsp3) is 0.308. The minimum absolute atomic E-state index is 0.0597. The van der Waals surface area contributed by atoms with Gasteiger partial charge in [-0.2, -0.15) is 5.10 Å². The highest BCUT2D eigenvalue weighted by Gasteiger charge is 2.52. The maximum absolute atomic E-state index is 13.2. The Balaban J connectivity index is 1.61. The molecule has 5 rings (SSSR count). The highest BCUT2D eigenvalue weighted by molar-refractivity contribution is 6.35. The third-order valence-corrected chi connectivity index (χ3v) is 6.18. The number of aromatic nitrogens is 2. The van der Waals surface area contributed by atoms with Crippen LogP contribution in [-0.4, -0.2) is 64.4 Å². The maximum atomic E-state index is 13.2. The number of esters is 3. The first-order valence-corrected chi connectivity index (χ1v) is 11.8. The predicted octanol–water partition coefficient (Wildman–Crippen LogP) is 2.16. The topological polar surface area (TPSA) is 143 Å². The van der Waals surface area contributed by atoms with Crippen LogP contribution in [0.1, 0.15) is 47.7 Å². The highest BCUT2D eigenvalue weighted by Crippen LogP contribution is 2.39. The van der Waals surface area contributed by atoms with Crippen LogP contribution in [0.4, 0.5) is 5.82 Å². The average Bonchev–Trinajstić information content (AvgIpc) is 3.48. The van der Waals surface area contributed by atoms with Gasteiger partial charge in [0.05, 0.1) is 16.6 Å². The van der Waals surface area contributed by atoms with Gasteiger partial charge in [-0.25, -0.2) is 9.58 Å². The number of ether oxygens (including phenoxy) is 4. The zero-order chi connectivity index (χ0) is 27.1. The van der Waals surface area contributed by atoms with Crippen molar-refractivity contribution in [2.75, 3.05) is 11.5 Å². The van der Waals surface area contributed by atoms with Crippen LogP contribution in [0.15, 0.2) is 48.5 Å². The predicted molar refractivity (Wildman–Crippen MR) is 129 cm³/mol. The van der Waals surface area contributed by atoms with Crippen LogP contribution in [0.3, 0.4) is 0 Å². The molecular weight excluding hydrogens is 498 g/mol. The summed E-state index contributed by atoms with van der Waals surface area (Å²) >= 11 is 0. The van der Waals surface area contributed by atoms with Crippen molar-refractivity contribution in [3.05, 3.63) is 59.7 Å². The second-order valence-electron chi connectivity index (χ2n) is 8.79. The summed E-state index contributed by atoms with van der Waals surface area (Å²) in [6, 6.07) is 13.3. The standard InChI is InChI=1S/C26H23N3O9/c1-13(30)35-12-20-21(36-14(2)31)22(37-15(3)32)26(38-20)29-19-11-7-6-10-18(19)23(27-29)28-24(33)16-8-4-5-9-17(16)25(28)34/h4-11,20-22,26H,12H2,1-3H3/t20-,21-,22+,26-/m1/s1. The van der Waals surface area contributed by atoms with E-state index in [4.69, 9.17) is 18.9 Å². The molecule has 0 saturated carbocycles. The van der Waals surface area contributed by atoms with Crippen LogP contribution in [0, 0.1) is 0 Å². The van der Waals surface area contributed by atoms with Gasteiger partial charge in [0.1, 0.15) is 12.7 Å². The number of nitrogens with zero attached hydrogens (tertiary/aromatic N) is 3. The molecule has 2 aliphatic heterocycles. The van der Waals surface area contributed by atoms with Gasteiger partial charge in [-0.3, -0.25) is 24.0 Å². The van der Waals surface area contributed by atoms with Crippen LogP contribution in [0.25, 0.3) is 10.9 Å². The molecule has 196 valence electrons. The summed E-state index contributed by atoms with van der Waals surface area (Å²) in [6.45, 7) is 3.30. The molecule has 0 N–H and O–H groups in total. The number of imide groups is 1. The molecule has 2 aliphatic rings. The molecule has 2 amide bonds. The molecule has 4 atom stereocenters. The third-order valence-electron chi connectivity index (χ3n) is 6.18. The van der Waals surface area contributed by atoms with Crippen molar-refractivity contribution in [2.24, 2.45) is 0 Å². The molecule has 12 heteroatoms. The zero-order valence-electron chi connectivity index (χ0n) is 20.7. The zero-order valence-corrected chi connectivity index (χ0v) is 20.7. The van der Waals surface area contributed by atoms with Gasteiger partial charge in [-0.1, -0.05) is 24.3 Å². The van der Waals surface area contributed by atoms with Crippen LogP contribution >= 0.6 is 0 Å². The lowest BCUT2D eigenvalue weighted by Crippen LogP contribution is -2.40. The highest BCUT2D eigenvalue weighted by atomic mass is 16.7. The summed E-state index contributed by atoms with van der Waals surface area (Å²) < 4.78 is 23.5. The molecule has 0 bridgehead atoms. The minimum atomic E-state index is -1.18. The quantitative estimate of drug-likeness (QED) is 0.269. The summed E-state index contributed by atoms with van der Waals surface area (Å²) in [5.41, 5.74) is 0.959. The number of anilines is 1. The first-order chi connectivity index (χ1) is 18.2. The molecule has 3 aromatic rings. The van der Waals surface area contributed by atoms with Gasteiger partial charge in [0.25, 0.3) is 11.8 Å².